The molecule has 1 heterocycles. The first-order chi connectivity index (χ1) is 12.4. The van der Waals surface area contributed by atoms with Gasteiger partial charge in [-0.2, -0.15) is 4.31 Å². The van der Waals surface area contributed by atoms with Crippen LogP contribution in [0, 0.1) is 5.82 Å². The van der Waals surface area contributed by atoms with E-state index in [1.165, 1.54) is 16.4 Å². The molecule has 3 rings (SSSR count). The van der Waals surface area contributed by atoms with Crippen LogP contribution < -0.4 is 5.32 Å². The molecule has 1 aromatic rings. The van der Waals surface area contributed by atoms with Crippen molar-refractivity contribution < 1.29 is 22.3 Å². The van der Waals surface area contributed by atoms with Gasteiger partial charge in [0.1, 0.15) is 5.82 Å². The van der Waals surface area contributed by atoms with E-state index in [1.54, 1.807) is 12.1 Å². The summed E-state index contributed by atoms with van der Waals surface area (Å²) >= 11 is 0. The van der Waals surface area contributed by atoms with E-state index in [-0.39, 0.29) is 24.0 Å². The highest BCUT2D eigenvalue weighted by Gasteiger charge is 2.42. The third-order valence-corrected chi connectivity index (χ3v) is 7.17. The highest BCUT2D eigenvalue weighted by Crippen LogP contribution is 2.41. The lowest BCUT2D eigenvalue weighted by Crippen LogP contribution is -2.47. The molecule has 144 valence electrons. The Morgan fingerprint density at radius 2 is 1.77 bits per heavy atom. The standard InChI is InChI=1S/C18H25FN2O4S/c19-16-5-3-15(4-6-16)18(7-1-2-8-18)17(22)20-9-14-26(23,24)21-10-12-25-13-11-21/h3-6H,1-2,7-14H2,(H,20,22). The molecule has 1 N–H and O–H groups in total. The Morgan fingerprint density at radius 1 is 1.15 bits per heavy atom. The highest BCUT2D eigenvalue weighted by atomic mass is 32.2. The third-order valence-electron chi connectivity index (χ3n) is 5.30. The number of morpholine rings is 1. The fourth-order valence-corrected chi connectivity index (χ4v) is 5.13. The van der Waals surface area contributed by atoms with Gasteiger partial charge in [-0.1, -0.05) is 25.0 Å². The second kappa shape index (κ2) is 8.02. The monoisotopic (exact) mass is 384 g/mol. The Hall–Kier alpha value is -1.51. The van der Waals surface area contributed by atoms with E-state index in [1.807, 2.05) is 0 Å². The zero-order chi connectivity index (χ0) is 18.6. The molecular weight excluding hydrogens is 359 g/mol. The molecule has 1 amide bonds. The summed E-state index contributed by atoms with van der Waals surface area (Å²) in [6.07, 6.45) is 3.25. The number of carbonyl (C=O) groups is 1. The van der Waals surface area contributed by atoms with Crippen LogP contribution in [0.2, 0.25) is 0 Å². The average Bonchev–Trinajstić information content (AvgIpc) is 3.14. The fourth-order valence-electron chi connectivity index (χ4n) is 3.81. The first kappa shape index (κ1) is 19.3. The summed E-state index contributed by atoms with van der Waals surface area (Å²) < 4.78 is 44.5. The molecule has 26 heavy (non-hydrogen) atoms. The maximum Gasteiger partial charge on any atom is 0.230 e. The topological polar surface area (TPSA) is 75.7 Å². The van der Waals surface area contributed by atoms with Crippen LogP contribution in [0.3, 0.4) is 0 Å². The number of hydrogen-bond acceptors (Lipinski definition) is 4. The van der Waals surface area contributed by atoms with E-state index in [9.17, 15) is 17.6 Å². The van der Waals surface area contributed by atoms with Crippen molar-refractivity contribution in [3.05, 3.63) is 35.6 Å². The molecule has 1 aromatic carbocycles. The van der Waals surface area contributed by atoms with Crippen LogP contribution in [0.4, 0.5) is 4.39 Å². The van der Waals surface area contributed by atoms with Gasteiger partial charge in [-0.3, -0.25) is 4.79 Å². The van der Waals surface area contributed by atoms with Crippen LogP contribution in [0.15, 0.2) is 24.3 Å². The zero-order valence-electron chi connectivity index (χ0n) is 14.7. The van der Waals surface area contributed by atoms with Gasteiger partial charge in [-0.15, -0.1) is 0 Å². The summed E-state index contributed by atoms with van der Waals surface area (Å²) in [7, 11) is -3.40. The number of nitrogens with one attached hydrogen (secondary N) is 1. The van der Waals surface area contributed by atoms with Gasteiger partial charge in [0.25, 0.3) is 0 Å². The summed E-state index contributed by atoms with van der Waals surface area (Å²) in [5.74, 6) is -0.629. The van der Waals surface area contributed by atoms with Crippen molar-refractivity contribution >= 4 is 15.9 Å². The molecular formula is C18H25FN2O4S. The molecule has 0 aromatic heterocycles. The van der Waals surface area contributed by atoms with E-state index in [0.29, 0.717) is 39.1 Å². The molecule has 8 heteroatoms. The van der Waals surface area contributed by atoms with Gasteiger partial charge in [0.05, 0.1) is 24.4 Å². The number of nitrogens with zero attached hydrogens (tertiary/aromatic N) is 1. The number of carbonyl (C=O) groups excluding carboxylic acids is 1. The summed E-state index contributed by atoms with van der Waals surface area (Å²) in [5.41, 5.74) is 0.112. The molecule has 6 nitrogen and oxygen atoms in total. The van der Waals surface area contributed by atoms with Crippen molar-refractivity contribution in [2.24, 2.45) is 0 Å². The van der Waals surface area contributed by atoms with Gasteiger partial charge in [0.2, 0.25) is 15.9 Å². The maximum absolute atomic E-state index is 13.2. The van der Waals surface area contributed by atoms with Crippen LogP contribution >= 0.6 is 0 Å². The lowest BCUT2D eigenvalue weighted by atomic mass is 9.78. The van der Waals surface area contributed by atoms with Crippen molar-refractivity contribution in [1.82, 2.24) is 9.62 Å². The van der Waals surface area contributed by atoms with Gasteiger partial charge in [-0.25, -0.2) is 12.8 Å². The fraction of sp³-hybridized carbons (Fsp3) is 0.611. The molecule has 0 spiro atoms. The van der Waals surface area contributed by atoms with Crippen molar-refractivity contribution in [1.29, 1.82) is 0 Å². The Kier molecular flexibility index (Phi) is 5.94. The van der Waals surface area contributed by atoms with Crippen LogP contribution in [-0.4, -0.2) is 57.2 Å². The number of sulfonamides is 1. The van der Waals surface area contributed by atoms with E-state index in [0.717, 1.165) is 18.4 Å². The normalized spacial score (nSPS) is 20.8. The molecule has 0 atom stereocenters. The summed E-state index contributed by atoms with van der Waals surface area (Å²) in [4.78, 5) is 12.9. The molecule has 1 aliphatic heterocycles. The Bertz CT molecular complexity index is 724. The lowest BCUT2D eigenvalue weighted by molar-refractivity contribution is -0.126. The molecule has 1 saturated heterocycles. The number of ether oxygens (including phenoxy) is 1. The molecule has 2 aliphatic rings. The minimum atomic E-state index is -3.40. The Labute approximate surface area is 153 Å². The number of rotatable bonds is 6. The maximum atomic E-state index is 13.2. The zero-order valence-corrected chi connectivity index (χ0v) is 15.6. The first-order valence-electron chi connectivity index (χ1n) is 9.04. The molecule has 1 saturated carbocycles. The van der Waals surface area contributed by atoms with Crippen LogP contribution in [0.25, 0.3) is 0 Å². The minimum Gasteiger partial charge on any atom is -0.379 e. The van der Waals surface area contributed by atoms with Crippen molar-refractivity contribution in [3.63, 3.8) is 0 Å². The predicted octanol–water partition coefficient (Wildman–Crippen LogP) is 1.42. The van der Waals surface area contributed by atoms with Gasteiger partial charge >= 0.3 is 0 Å². The summed E-state index contributed by atoms with van der Waals surface area (Å²) in [5, 5.41) is 2.80. The summed E-state index contributed by atoms with van der Waals surface area (Å²) in [6, 6.07) is 6.05. The number of hydrogen-bond donors (Lipinski definition) is 1. The van der Waals surface area contributed by atoms with E-state index < -0.39 is 15.4 Å². The van der Waals surface area contributed by atoms with Crippen molar-refractivity contribution in [3.8, 4) is 0 Å². The minimum absolute atomic E-state index is 0.0709. The van der Waals surface area contributed by atoms with E-state index >= 15 is 0 Å². The average molecular weight is 384 g/mol. The third kappa shape index (κ3) is 4.07. The SMILES string of the molecule is O=C(NCCS(=O)(=O)N1CCOCC1)C1(c2ccc(F)cc2)CCCC1. The number of benzene rings is 1. The quantitative estimate of drug-likeness (QED) is 0.805. The highest BCUT2D eigenvalue weighted by molar-refractivity contribution is 7.89. The van der Waals surface area contributed by atoms with E-state index in [2.05, 4.69) is 5.32 Å². The Morgan fingerprint density at radius 3 is 2.38 bits per heavy atom. The van der Waals surface area contributed by atoms with Gasteiger partial charge < -0.3 is 10.1 Å². The Balaban J connectivity index is 1.63. The predicted molar refractivity (Wildman–Crippen MR) is 95.7 cm³/mol. The van der Waals surface area contributed by atoms with Gasteiger partial charge in [0.15, 0.2) is 0 Å². The van der Waals surface area contributed by atoms with Gasteiger partial charge in [-0.05, 0) is 30.5 Å². The lowest BCUT2D eigenvalue weighted by Gasteiger charge is -2.29. The smallest absolute Gasteiger partial charge is 0.230 e. The van der Waals surface area contributed by atoms with Crippen LogP contribution in [0.5, 0.6) is 0 Å². The second-order valence-electron chi connectivity index (χ2n) is 6.88. The van der Waals surface area contributed by atoms with Crippen LogP contribution in [0.1, 0.15) is 31.2 Å². The largest absolute Gasteiger partial charge is 0.379 e. The second-order valence-corrected chi connectivity index (χ2v) is 8.97. The number of halogens is 1. The van der Waals surface area contributed by atoms with Crippen LogP contribution in [-0.2, 0) is 25.0 Å². The summed E-state index contributed by atoms with van der Waals surface area (Å²) in [6.45, 7) is 1.59. The van der Waals surface area contributed by atoms with Gasteiger partial charge in [0, 0.05) is 19.6 Å². The molecule has 0 bridgehead atoms. The number of amides is 1. The van der Waals surface area contributed by atoms with Crippen molar-refractivity contribution in [2.45, 2.75) is 31.1 Å². The molecule has 2 fully saturated rings. The molecule has 1 aliphatic carbocycles. The molecule has 0 unspecified atom stereocenters. The molecule has 0 radical (unpaired) electrons. The van der Waals surface area contributed by atoms with E-state index in [4.69, 9.17) is 4.74 Å². The first-order valence-corrected chi connectivity index (χ1v) is 10.6. The van der Waals surface area contributed by atoms with Crippen molar-refractivity contribution in [2.75, 3.05) is 38.6 Å².